The van der Waals surface area contributed by atoms with Crippen molar-refractivity contribution in [2.24, 2.45) is 5.92 Å². The van der Waals surface area contributed by atoms with E-state index in [2.05, 4.69) is 4.98 Å². The van der Waals surface area contributed by atoms with E-state index < -0.39 is 0 Å². The fourth-order valence-corrected chi connectivity index (χ4v) is 4.95. The number of nitrogens with zero attached hydrogens (tertiary/aromatic N) is 3. The number of hydrogen-bond acceptors (Lipinski definition) is 4. The molecule has 0 aliphatic carbocycles. The quantitative estimate of drug-likeness (QED) is 0.677. The Hall–Kier alpha value is -2.47. The summed E-state index contributed by atoms with van der Waals surface area (Å²) in [4.78, 5) is 31.4. The number of carbonyl (C=O) groups excluding carboxylic acids is 1. The Kier molecular flexibility index (Phi) is 3.28. The van der Waals surface area contributed by atoms with Crippen molar-refractivity contribution in [1.82, 2.24) is 14.5 Å². The van der Waals surface area contributed by atoms with Gasteiger partial charge in [0.25, 0.3) is 11.5 Å². The summed E-state index contributed by atoms with van der Waals surface area (Å²) < 4.78 is 2.93. The smallest absolute Gasteiger partial charge is 0.253 e. The van der Waals surface area contributed by atoms with Crippen molar-refractivity contribution in [2.75, 3.05) is 13.1 Å². The summed E-state index contributed by atoms with van der Waals surface area (Å²) in [5.41, 5.74) is 4.60. The van der Waals surface area contributed by atoms with Gasteiger partial charge in [-0.3, -0.25) is 9.59 Å². The molecule has 2 aliphatic rings. The summed E-state index contributed by atoms with van der Waals surface area (Å²) in [5.74, 6) is 0.677. The number of likely N-dealkylation sites (tertiary alicyclic amines) is 1. The molecule has 0 saturated carbocycles. The van der Waals surface area contributed by atoms with Crippen LogP contribution in [0.2, 0.25) is 0 Å². The molecule has 0 radical (unpaired) electrons. The maximum absolute atomic E-state index is 13.0. The number of fused-ring (bicyclic) bond motifs is 5. The predicted octanol–water partition coefficient (Wildman–Crippen LogP) is 2.72. The fourth-order valence-electron chi connectivity index (χ4n) is 4.23. The maximum Gasteiger partial charge on any atom is 0.253 e. The summed E-state index contributed by atoms with van der Waals surface area (Å²) in [7, 11) is 0. The molecule has 2 aromatic heterocycles. The van der Waals surface area contributed by atoms with Crippen LogP contribution >= 0.6 is 11.3 Å². The molecule has 2 aliphatic heterocycles. The summed E-state index contributed by atoms with van der Waals surface area (Å²) in [5, 5.41) is 0. The van der Waals surface area contributed by atoms with E-state index in [4.69, 9.17) is 0 Å². The van der Waals surface area contributed by atoms with Crippen LogP contribution in [0, 0.1) is 5.92 Å². The predicted molar refractivity (Wildman–Crippen MR) is 97.1 cm³/mol. The third-order valence-corrected chi connectivity index (χ3v) is 6.14. The first-order valence-electron chi connectivity index (χ1n) is 8.51. The Morgan fingerprint density at radius 2 is 2.08 bits per heavy atom. The van der Waals surface area contributed by atoms with Gasteiger partial charge in [-0.05, 0) is 36.6 Å². The number of hydrogen-bond donors (Lipinski definition) is 0. The molecule has 0 spiro atoms. The van der Waals surface area contributed by atoms with Crippen LogP contribution in [-0.2, 0) is 6.54 Å². The first-order chi connectivity index (χ1) is 12.2. The van der Waals surface area contributed by atoms with E-state index in [1.165, 1.54) is 0 Å². The van der Waals surface area contributed by atoms with Gasteiger partial charge in [0.05, 0.1) is 15.7 Å². The summed E-state index contributed by atoms with van der Waals surface area (Å²) in [6, 6.07) is 11.2. The highest BCUT2D eigenvalue weighted by atomic mass is 32.1. The Morgan fingerprint density at radius 1 is 1.16 bits per heavy atom. The van der Waals surface area contributed by atoms with Gasteiger partial charge in [-0.25, -0.2) is 4.98 Å². The first-order valence-corrected chi connectivity index (χ1v) is 9.39. The molecule has 2 bridgehead atoms. The summed E-state index contributed by atoms with van der Waals surface area (Å²) in [6.07, 6.45) is 1.06. The second-order valence-electron chi connectivity index (χ2n) is 6.94. The van der Waals surface area contributed by atoms with E-state index in [-0.39, 0.29) is 17.4 Å². The molecule has 1 fully saturated rings. The molecule has 3 aromatic rings. The largest absolute Gasteiger partial charge is 0.338 e. The molecule has 5 rings (SSSR count). The first kappa shape index (κ1) is 14.8. The topological polar surface area (TPSA) is 55.2 Å². The molecule has 0 N–H and O–H groups in total. The fraction of sp³-hybridized carbons (Fsp3) is 0.316. The van der Waals surface area contributed by atoms with Crippen molar-refractivity contribution in [2.45, 2.75) is 18.9 Å². The van der Waals surface area contributed by atoms with E-state index in [1.807, 2.05) is 39.8 Å². The van der Waals surface area contributed by atoms with Crippen molar-refractivity contribution in [3.63, 3.8) is 0 Å². The summed E-state index contributed by atoms with van der Waals surface area (Å²) >= 11 is 1.55. The number of pyridine rings is 1. The SMILES string of the molecule is O=C(c1ccc2ncsc2c1)N1CC2CC(C1)c1cccc(=O)n1C2. The van der Waals surface area contributed by atoms with E-state index in [0.29, 0.717) is 19.0 Å². The van der Waals surface area contributed by atoms with Gasteiger partial charge in [0, 0.05) is 42.9 Å². The lowest BCUT2D eigenvalue weighted by atomic mass is 9.83. The van der Waals surface area contributed by atoms with Crippen LogP contribution in [0.25, 0.3) is 10.2 Å². The van der Waals surface area contributed by atoms with Gasteiger partial charge >= 0.3 is 0 Å². The van der Waals surface area contributed by atoms with Crippen molar-refractivity contribution < 1.29 is 4.79 Å². The minimum Gasteiger partial charge on any atom is -0.338 e. The van der Waals surface area contributed by atoms with Crippen LogP contribution in [-0.4, -0.2) is 33.4 Å². The van der Waals surface area contributed by atoms with E-state index >= 15 is 0 Å². The van der Waals surface area contributed by atoms with Gasteiger partial charge < -0.3 is 9.47 Å². The highest BCUT2D eigenvalue weighted by Gasteiger charge is 2.36. The van der Waals surface area contributed by atoms with Gasteiger partial charge in [-0.2, -0.15) is 0 Å². The van der Waals surface area contributed by atoms with Crippen LogP contribution in [0.1, 0.15) is 28.4 Å². The Labute approximate surface area is 148 Å². The van der Waals surface area contributed by atoms with Crippen molar-refractivity contribution >= 4 is 27.5 Å². The third kappa shape index (κ3) is 2.40. The summed E-state index contributed by atoms with van der Waals surface area (Å²) in [6.45, 7) is 2.11. The number of aromatic nitrogens is 2. The average molecular weight is 351 g/mol. The Balaban J connectivity index is 1.46. The van der Waals surface area contributed by atoms with E-state index in [9.17, 15) is 9.59 Å². The van der Waals surface area contributed by atoms with Gasteiger partial charge in [-0.1, -0.05) is 6.07 Å². The highest BCUT2D eigenvalue weighted by Crippen LogP contribution is 2.35. The number of piperidine rings is 1. The lowest BCUT2D eigenvalue weighted by Crippen LogP contribution is -2.49. The number of carbonyl (C=O) groups is 1. The molecular weight excluding hydrogens is 334 g/mol. The lowest BCUT2D eigenvalue weighted by Gasteiger charge is -2.42. The molecule has 4 heterocycles. The molecule has 1 amide bonds. The number of benzene rings is 1. The Morgan fingerprint density at radius 3 is 3.00 bits per heavy atom. The zero-order valence-corrected chi connectivity index (χ0v) is 14.4. The molecule has 2 atom stereocenters. The normalized spacial score (nSPS) is 22.0. The molecule has 2 unspecified atom stereocenters. The van der Waals surface area contributed by atoms with E-state index in [0.717, 1.165) is 34.4 Å². The number of rotatable bonds is 1. The molecule has 126 valence electrons. The van der Waals surface area contributed by atoms with Crippen LogP contribution in [0.3, 0.4) is 0 Å². The molecule has 5 nitrogen and oxygen atoms in total. The molecular formula is C19H17N3O2S. The zero-order valence-electron chi connectivity index (χ0n) is 13.6. The lowest BCUT2D eigenvalue weighted by molar-refractivity contribution is 0.0595. The van der Waals surface area contributed by atoms with Crippen LogP contribution in [0.15, 0.2) is 46.7 Å². The number of amides is 1. The second kappa shape index (κ2) is 5.52. The van der Waals surface area contributed by atoms with Crippen molar-refractivity contribution in [3.05, 3.63) is 63.5 Å². The molecule has 1 saturated heterocycles. The zero-order chi connectivity index (χ0) is 17.0. The Bertz CT molecular complexity index is 1040. The minimum atomic E-state index is 0.0719. The third-order valence-electron chi connectivity index (χ3n) is 5.35. The van der Waals surface area contributed by atoms with Crippen molar-refractivity contribution in [1.29, 1.82) is 0 Å². The van der Waals surface area contributed by atoms with Crippen LogP contribution < -0.4 is 5.56 Å². The van der Waals surface area contributed by atoms with Gasteiger partial charge in [0.2, 0.25) is 0 Å². The monoisotopic (exact) mass is 351 g/mol. The van der Waals surface area contributed by atoms with Gasteiger partial charge in [-0.15, -0.1) is 11.3 Å². The van der Waals surface area contributed by atoms with Gasteiger partial charge in [0.1, 0.15) is 0 Å². The molecule has 6 heteroatoms. The maximum atomic E-state index is 13.0. The van der Waals surface area contributed by atoms with Crippen molar-refractivity contribution in [3.8, 4) is 0 Å². The second-order valence-corrected chi connectivity index (χ2v) is 7.83. The molecule has 1 aromatic carbocycles. The average Bonchev–Trinajstić information content (AvgIpc) is 3.09. The van der Waals surface area contributed by atoms with Crippen LogP contribution in [0.5, 0.6) is 0 Å². The van der Waals surface area contributed by atoms with Crippen LogP contribution in [0.4, 0.5) is 0 Å². The van der Waals surface area contributed by atoms with E-state index in [1.54, 1.807) is 22.9 Å². The number of thiazole rings is 1. The van der Waals surface area contributed by atoms with Gasteiger partial charge in [0.15, 0.2) is 0 Å². The standard InChI is InChI=1S/C19H17N3O2S/c23-18-3-1-2-16-14-6-12(9-22(16)18)8-21(10-14)19(24)13-4-5-15-17(7-13)25-11-20-15/h1-5,7,11-12,14H,6,8-10H2. The highest BCUT2D eigenvalue weighted by molar-refractivity contribution is 7.16. The minimum absolute atomic E-state index is 0.0719. The molecule has 25 heavy (non-hydrogen) atoms.